The summed E-state index contributed by atoms with van der Waals surface area (Å²) in [7, 11) is 2.06. The van der Waals surface area contributed by atoms with Crippen LogP contribution in [0.1, 0.15) is 32.6 Å². The number of aliphatic hydroxyl groups is 1. The van der Waals surface area contributed by atoms with Crippen molar-refractivity contribution in [3.8, 4) is 0 Å². The fourth-order valence-corrected chi connectivity index (χ4v) is 2.39. The second-order valence-corrected chi connectivity index (χ2v) is 4.78. The summed E-state index contributed by atoms with van der Waals surface area (Å²) in [6, 6.07) is 0.375. The Bertz CT molecular complexity index is 161. The molecule has 0 aromatic heterocycles. The van der Waals surface area contributed by atoms with Crippen LogP contribution in [0.25, 0.3) is 0 Å². The van der Waals surface area contributed by atoms with E-state index < -0.39 is 0 Å². The summed E-state index contributed by atoms with van der Waals surface area (Å²) in [5, 5.41) is 9.25. The maximum atomic E-state index is 9.25. The first kappa shape index (κ1) is 12.0. The maximum absolute atomic E-state index is 9.25. The predicted octanol–water partition coefficient (Wildman–Crippen LogP) is 0.817. The van der Waals surface area contributed by atoms with Crippen molar-refractivity contribution in [1.29, 1.82) is 0 Å². The van der Waals surface area contributed by atoms with Crippen LogP contribution in [0.5, 0.6) is 0 Å². The van der Waals surface area contributed by atoms with Gasteiger partial charge in [0.1, 0.15) is 0 Å². The number of aliphatic hydroxyl groups excluding tert-OH is 1. The van der Waals surface area contributed by atoms with Crippen LogP contribution in [0.4, 0.5) is 0 Å². The normalized spacial score (nSPS) is 30.6. The summed E-state index contributed by atoms with van der Waals surface area (Å²) in [5.74, 6) is 0.632. The molecule has 0 spiro atoms. The van der Waals surface area contributed by atoms with Crippen molar-refractivity contribution in [2.24, 2.45) is 11.7 Å². The largest absolute Gasteiger partial charge is 0.392 e. The molecule has 0 amide bonds. The lowest BCUT2D eigenvalue weighted by Crippen LogP contribution is -2.41. The Balaban J connectivity index is 2.27. The van der Waals surface area contributed by atoms with Crippen molar-refractivity contribution in [3.05, 3.63) is 0 Å². The molecule has 14 heavy (non-hydrogen) atoms. The molecule has 84 valence electrons. The number of hydrogen-bond donors (Lipinski definition) is 2. The zero-order chi connectivity index (χ0) is 10.6. The van der Waals surface area contributed by atoms with Gasteiger partial charge in [-0.1, -0.05) is 12.8 Å². The molecule has 3 nitrogen and oxygen atoms in total. The summed E-state index contributed by atoms with van der Waals surface area (Å²) < 4.78 is 0. The van der Waals surface area contributed by atoms with Crippen molar-refractivity contribution in [2.75, 3.05) is 20.1 Å². The van der Waals surface area contributed by atoms with Crippen molar-refractivity contribution in [1.82, 2.24) is 4.90 Å². The van der Waals surface area contributed by atoms with Gasteiger partial charge in [0, 0.05) is 19.1 Å². The molecule has 3 N–H and O–H groups in total. The quantitative estimate of drug-likeness (QED) is 0.706. The molecule has 0 aromatic rings. The lowest BCUT2D eigenvalue weighted by atomic mass is 9.85. The number of nitrogens with two attached hydrogens (primary N) is 1. The van der Waals surface area contributed by atoms with E-state index in [2.05, 4.69) is 11.9 Å². The fraction of sp³-hybridized carbons (Fsp3) is 1.00. The highest BCUT2D eigenvalue weighted by Crippen LogP contribution is 2.23. The first-order valence-corrected chi connectivity index (χ1v) is 5.71. The topological polar surface area (TPSA) is 49.5 Å². The molecule has 3 atom stereocenters. The summed E-state index contributed by atoms with van der Waals surface area (Å²) in [6.45, 7) is 3.62. The van der Waals surface area contributed by atoms with Gasteiger partial charge in [-0.3, -0.25) is 0 Å². The third-order valence-electron chi connectivity index (χ3n) is 3.09. The standard InChI is InChI=1S/C11H24N2O/c1-9(14)7-13(2)8-10-5-3-4-6-11(10)12/h9-11,14H,3-8,12H2,1-2H3. The van der Waals surface area contributed by atoms with Crippen molar-refractivity contribution >= 4 is 0 Å². The molecule has 0 bridgehead atoms. The van der Waals surface area contributed by atoms with Gasteiger partial charge in [0.2, 0.25) is 0 Å². The van der Waals surface area contributed by atoms with Crippen LogP contribution < -0.4 is 5.73 Å². The van der Waals surface area contributed by atoms with Gasteiger partial charge in [0.25, 0.3) is 0 Å². The third-order valence-corrected chi connectivity index (χ3v) is 3.09. The van der Waals surface area contributed by atoms with Crippen LogP contribution in [0.3, 0.4) is 0 Å². The Morgan fingerprint density at radius 2 is 2.07 bits per heavy atom. The van der Waals surface area contributed by atoms with Crippen LogP contribution in [0.2, 0.25) is 0 Å². The van der Waals surface area contributed by atoms with E-state index in [4.69, 9.17) is 5.73 Å². The lowest BCUT2D eigenvalue weighted by Gasteiger charge is -2.32. The van der Waals surface area contributed by atoms with E-state index >= 15 is 0 Å². The zero-order valence-electron chi connectivity index (χ0n) is 9.45. The number of hydrogen-bond acceptors (Lipinski definition) is 3. The van der Waals surface area contributed by atoms with E-state index in [1.165, 1.54) is 25.7 Å². The molecule has 1 aliphatic carbocycles. The first-order valence-electron chi connectivity index (χ1n) is 5.71. The molecule has 1 fully saturated rings. The average Bonchev–Trinajstić information content (AvgIpc) is 2.07. The van der Waals surface area contributed by atoms with Gasteiger partial charge in [0.15, 0.2) is 0 Å². The van der Waals surface area contributed by atoms with Crippen LogP contribution in [-0.2, 0) is 0 Å². The van der Waals surface area contributed by atoms with Gasteiger partial charge in [-0.2, -0.15) is 0 Å². The van der Waals surface area contributed by atoms with Gasteiger partial charge >= 0.3 is 0 Å². The highest BCUT2D eigenvalue weighted by molar-refractivity contribution is 4.80. The number of rotatable bonds is 4. The minimum atomic E-state index is -0.236. The van der Waals surface area contributed by atoms with Crippen molar-refractivity contribution in [2.45, 2.75) is 44.8 Å². The molecular formula is C11H24N2O. The fourth-order valence-electron chi connectivity index (χ4n) is 2.39. The zero-order valence-corrected chi connectivity index (χ0v) is 9.45. The predicted molar refractivity (Wildman–Crippen MR) is 59.1 cm³/mol. The Hall–Kier alpha value is -0.120. The molecule has 1 aliphatic rings. The highest BCUT2D eigenvalue weighted by atomic mass is 16.3. The second-order valence-electron chi connectivity index (χ2n) is 4.78. The molecule has 0 aliphatic heterocycles. The molecule has 0 radical (unpaired) electrons. The average molecular weight is 200 g/mol. The number of nitrogens with zero attached hydrogens (tertiary/aromatic N) is 1. The van der Waals surface area contributed by atoms with E-state index in [1.807, 2.05) is 6.92 Å². The summed E-state index contributed by atoms with van der Waals surface area (Å²) in [5.41, 5.74) is 6.07. The minimum Gasteiger partial charge on any atom is -0.392 e. The van der Waals surface area contributed by atoms with Gasteiger partial charge in [0.05, 0.1) is 6.10 Å². The minimum absolute atomic E-state index is 0.236. The van der Waals surface area contributed by atoms with Crippen LogP contribution in [0, 0.1) is 5.92 Å². The Morgan fingerprint density at radius 1 is 1.43 bits per heavy atom. The Labute approximate surface area is 87.3 Å². The third kappa shape index (κ3) is 3.95. The molecule has 1 rings (SSSR count). The van der Waals surface area contributed by atoms with Crippen LogP contribution in [-0.4, -0.2) is 42.3 Å². The van der Waals surface area contributed by atoms with E-state index in [-0.39, 0.29) is 6.10 Å². The van der Waals surface area contributed by atoms with E-state index in [0.29, 0.717) is 12.0 Å². The van der Waals surface area contributed by atoms with Gasteiger partial charge in [-0.15, -0.1) is 0 Å². The molecule has 0 aromatic carbocycles. The SMILES string of the molecule is CC(O)CN(C)CC1CCCCC1N. The van der Waals surface area contributed by atoms with Crippen molar-refractivity contribution in [3.63, 3.8) is 0 Å². The highest BCUT2D eigenvalue weighted by Gasteiger charge is 2.22. The summed E-state index contributed by atoms with van der Waals surface area (Å²) >= 11 is 0. The maximum Gasteiger partial charge on any atom is 0.0638 e. The van der Waals surface area contributed by atoms with Gasteiger partial charge in [-0.25, -0.2) is 0 Å². The summed E-state index contributed by atoms with van der Waals surface area (Å²) in [4.78, 5) is 2.19. The van der Waals surface area contributed by atoms with Crippen molar-refractivity contribution < 1.29 is 5.11 Å². The van der Waals surface area contributed by atoms with Gasteiger partial charge < -0.3 is 15.7 Å². The van der Waals surface area contributed by atoms with Crippen LogP contribution >= 0.6 is 0 Å². The van der Waals surface area contributed by atoms with E-state index in [0.717, 1.165) is 13.1 Å². The van der Waals surface area contributed by atoms with E-state index in [9.17, 15) is 5.11 Å². The Kier molecular flexibility index (Phi) is 4.85. The second kappa shape index (κ2) is 5.69. The molecule has 1 saturated carbocycles. The molecule has 3 heteroatoms. The van der Waals surface area contributed by atoms with E-state index in [1.54, 1.807) is 0 Å². The molecule has 3 unspecified atom stereocenters. The first-order chi connectivity index (χ1) is 6.59. The summed E-state index contributed by atoms with van der Waals surface area (Å²) in [6.07, 6.45) is 4.80. The Morgan fingerprint density at radius 3 is 2.64 bits per heavy atom. The lowest BCUT2D eigenvalue weighted by molar-refractivity contribution is 0.121. The number of likely N-dealkylation sites (N-methyl/N-ethyl adjacent to an activating group) is 1. The van der Waals surface area contributed by atoms with Crippen LogP contribution in [0.15, 0.2) is 0 Å². The molecular weight excluding hydrogens is 176 g/mol. The molecule has 0 saturated heterocycles. The monoisotopic (exact) mass is 200 g/mol. The smallest absolute Gasteiger partial charge is 0.0638 e. The molecule has 0 heterocycles. The van der Waals surface area contributed by atoms with Gasteiger partial charge in [-0.05, 0) is 32.7 Å².